The van der Waals surface area contributed by atoms with Crippen LogP contribution in [0.2, 0.25) is 0 Å². The summed E-state index contributed by atoms with van der Waals surface area (Å²) in [7, 11) is 0. The number of hydrogen-bond donors (Lipinski definition) is 2. The van der Waals surface area contributed by atoms with Gasteiger partial charge in [-0.15, -0.1) is 34.2 Å². The number of ether oxygens (including phenoxy) is 1. The van der Waals surface area contributed by atoms with Crippen molar-refractivity contribution in [1.29, 1.82) is 0 Å². The number of aliphatic imine (C=N–C) groups is 1. The van der Waals surface area contributed by atoms with E-state index in [4.69, 9.17) is 4.74 Å². The highest BCUT2D eigenvalue weighted by Crippen LogP contribution is 1.95. The maximum absolute atomic E-state index is 11.3. The first-order valence-corrected chi connectivity index (χ1v) is 8.25. The molecular formula is C15H29IN6O2. The smallest absolute Gasteiger partial charge is 0.305 e. The molecule has 0 spiro atoms. The van der Waals surface area contributed by atoms with Crippen LogP contribution in [0.25, 0.3) is 0 Å². The van der Waals surface area contributed by atoms with E-state index in [-0.39, 0.29) is 29.9 Å². The van der Waals surface area contributed by atoms with Gasteiger partial charge in [0.15, 0.2) is 5.96 Å². The molecule has 0 saturated carbocycles. The highest BCUT2D eigenvalue weighted by atomic mass is 127. The third-order valence-corrected chi connectivity index (χ3v) is 3.12. The Morgan fingerprint density at radius 1 is 1.33 bits per heavy atom. The van der Waals surface area contributed by atoms with Crippen molar-refractivity contribution in [2.75, 3.05) is 26.2 Å². The van der Waals surface area contributed by atoms with E-state index in [0.29, 0.717) is 26.0 Å². The monoisotopic (exact) mass is 452 g/mol. The topological polar surface area (TPSA) is 93.4 Å². The van der Waals surface area contributed by atoms with Crippen LogP contribution < -0.4 is 10.6 Å². The van der Waals surface area contributed by atoms with Crippen molar-refractivity contribution in [2.24, 2.45) is 4.99 Å². The fraction of sp³-hybridized carbons (Fsp3) is 0.733. The van der Waals surface area contributed by atoms with Crippen molar-refractivity contribution in [2.45, 2.75) is 46.6 Å². The molecule has 1 aromatic rings. The fourth-order valence-corrected chi connectivity index (χ4v) is 2.02. The highest BCUT2D eigenvalue weighted by molar-refractivity contribution is 14.0. The summed E-state index contributed by atoms with van der Waals surface area (Å²) in [6.45, 7) is 9.20. The number of nitrogens with one attached hydrogen (secondary N) is 2. The summed E-state index contributed by atoms with van der Waals surface area (Å²) in [5.74, 6) is 1.56. The number of aryl methyl sites for hydroxylation is 1. The zero-order chi connectivity index (χ0) is 16.9. The molecule has 138 valence electrons. The van der Waals surface area contributed by atoms with E-state index in [0.717, 1.165) is 37.8 Å². The Labute approximate surface area is 160 Å². The summed E-state index contributed by atoms with van der Waals surface area (Å²) in [4.78, 5) is 15.7. The summed E-state index contributed by atoms with van der Waals surface area (Å²) in [6, 6.07) is 0. The number of rotatable bonds is 10. The fourth-order valence-electron chi connectivity index (χ4n) is 2.02. The lowest BCUT2D eigenvalue weighted by Gasteiger charge is -2.12. The van der Waals surface area contributed by atoms with Crippen LogP contribution in [0.1, 0.15) is 39.4 Å². The average Bonchev–Trinajstić information content (AvgIpc) is 2.99. The Kier molecular flexibility index (Phi) is 13.2. The highest BCUT2D eigenvalue weighted by Gasteiger charge is 2.03. The normalized spacial score (nSPS) is 10.9. The van der Waals surface area contributed by atoms with E-state index in [1.54, 1.807) is 6.33 Å². The van der Waals surface area contributed by atoms with Crippen molar-refractivity contribution in [1.82, 2.24) is 25.4 Å². The third-order valence-electron chi connectivity index (χ3n) is 3.12. The molecule has 8 nitrogen and oxygen atoms in total. The van der Waals surface area contributed by atoms with Gasteiger partial charge in [-0.25, -0.2) is 0 Å². The zero-order valence-corrected chi connectivity index (χ0v) is 17.1. The van der Waals surface area contributed by atoms with Crippen LogP contribution >= 0.6 is 24.0 Å². The SMILES string of the molecule is CCNC(=NCCCC(=O)OCC)NCCn1cnnc1CC.I. The van der Waals surface area contributed by atoms with E-state index in [2.05, 4.69) is 32.7 Å². The molecule has 1 heterocycles. The van der Waals surface area contributed by atoms with Gasteiger partial charge in [-0.1, -0.05) is 6.92 Å². The van der Waals surface area contributed by atoms with Gasteiger partial charge in [-0.2, -0.15) is 0 Å². The second-order valence-electron chi connectivity index (χ2n) is 4.89. The molecule has 0 unspecified atom stereocenters. The predicted molar refractivity (Wildman–Crippen MR) is 105 cm³/mol. The van der Waals surface area contributed by atoms with E-state index in [9.17, 15) is 4.79 Å². The molecule has 1 aromatic heterocycles. The number of nitrogens with zero attached hydrogens (tertiary/aromatic N) is 4. The molecule has 0 bridgehead atoms. The molecule has 24 heavy (non-hydrogen) atoms. The van der Waals surface area contributed by atoms with Crippen molar-refractivity contribution < 1.29 is 9.53 Å². The summed E-state index contributed by atoms with van der Waals surface area (Å²) in [5.41, 5.74) is 0. The zero-order valence-electron chi connectivity index (χ0n) is 14.7. The molecule has 0 amide bonds. The van der Waals surface area contributed by atoms with Gasteiger partial charge in [0.05, 0.1) is 6.61 Å². The van der Waals surface area contributed by atoms with Gasteiger partial charge in [0.25, 0.3) is 0 Å². The van der Waals surface area contributed by atoms with Crippen LogP contribution in [0.4, 0.5) is 0 Å². The van der Waals surface area contributed by atoms with Crippen LogP contribution in [0.15, 0.2) is 11.3 Å². The molecule has 0 fully saturated rings. The van der Waals surface area contributed by atoms with Gasteiger partial charge in [0.1, 0.15) is 12.2 Å². The number of carbonyl (C=O) groups is 1. The first-order valence-electron chi connectivity index (χ1n) is 8.25. The Bertz CT molecular complexity index is 492. The van der Waals surface area contributed by atoms with Crippen molar-refractivity contribution >= 4 is 35.9 Å². The lowest BCUT2D eigenvalue weighted by Crippen LogP contribution is -2.39. The lowest BCUT2D eigenvalue weighted by atomic mass is 10.3. The molecule has 1 rings (SSSR count). The minimum atomic E-state index is -0.166. The van der Waals surface area contributed by atoms with Gasteiger partial charge in [0, 0.05) is 39.0 Å². The van der Waals surface area contributed by atoms with Gasteiger partial charge < -0.3 is 19.9 Å². The van der Waals surface area contributed by atoms with Crippen LogP contribution in [0, 0.1) is 0 Å². The standard InChI is InChI=1S/C15H28N6O2.HI/c1-4-13-20-19-12-21(13)11-10-18-15(16-5-2)17-9-7-8-14(22)23-6-3;/h12H,4-11H2,1-3H3,(H2,16,17,18);1H. The van der Waals surface area contributed by atoms with Gasteiger partial charge in [-0.3, -0.25) is 9.79 Å². The van der Waals surface area contributed by atoms with Gasteiger partial charge in [0.2, 0.25) is 0 Å². The van der Waals surface area contributed by atoms with Crippen LogP contribution in [-0.4, -0.2) is 52.9 Å². The molecule has 0 atom stereocenters. The van der Waals surface area contributed by atoms with Crippen LogP contribution in [-0.2, 0) is 22.5 Å². The van der Waals surface area contributed by atoms with Crippen molar-refractivity contribution in [3.05, 3.63) is 12.2 Å². The molecular weight excluding hydrogens is 423 g/mol. The summed E-state index contributed by atoms with van der Waals surface area (Å²) < 4.78 is 6.92. The summed E-state index contributed by atoms with van der Waals surface area (Å²) in [5, 5.41) is 14.4. The lowest BCUT2D eigenvalue weighted by molar-refractivity contribution is -0.143. The maximum Gasteiger partial charge on any atom is 0.305 e. The first kappa shape index (κ1) is 22.6. The first-order chi connectivity index (χ1) is 11.2. The number of hydrogen-bond acceptors (Lipinski definition) is 5. The largest absolute Gasteiger partial charge is 0.466 e. The van der Waals surface area contributed by atoms with Crippen LogP contribution in [0.5, 0.6) is 0 Å². The van der Waals surface area contributed by atoms with E-state index in [1.807, 2.05) is 18.4 Å². The van der Waals surface area contributed by atoms with Gasteiger partial charge in [-0.05, 0) is 20.3 Å². The number of halogens is 1. The van der Waals surface area contributed by atoms with Gasteiger partial charge >= 0.3 is 5.97 Å². The number of aromatic nitrogens is 3. The molecule has 0 aliphatic carbocycles. The number of guanidine groups is 1. The van der Waals surface area contributed by atoms with Crippen LogP contribution in [0.3, 0.4) is 0 Å². The second-order valence-corrected chi connectivity index (χ2v) is 4.89. The van der Waals surface area contributed by atoms with Crippen molar-refractivity contribution in [3.8, 4) is 0 Å². The Morgan fingerprint density at radius 3 is 2.79 bits per heavy atom. The molecule has 9 heteroatoms. The predicted octanol–water partition coefficient (Wildman–Crippen LogP) is 1.36. The minimum Gasteiger partial charge on any atom is -0.466 e. The molecule has 0 saturated heterocycles. The van der Waals surface area contributed by atoms with E-state index < -0.39 is 0 Å². The quantitative estimate of drug-likeness (QED) is 0.183. The number of carbonyl (C=O) groups excluding carboxylic acids is 1. The molecule has 0 aliphatic rings. The minimum absolute atomic E-state index is 0. The molecule has 2 N–H and O–H groups in total. The van der Waals surface area contributed by atoms with Crippen molar-refractivity contribution in [3.63, 3.8) is 0 Å². The van der Waals surface area contributed by atoms with E-state index >= 15 is 0 Å². The summed E-state index contributed by atoms with van der Waals surface area (Å²) in [6.07, 6.45) is 3.68. The Morgan fingerprint density at radius 2 is 2.12 bits per heavy atom. The Hall–Kier alpha value is -1.39. The molecule has 0 radical (unpaired) electrons. The second kappa shape index (κ2) is 14.0. The Balaban J connectivity index is 0.00000529. The number of esters is 1. The average molecular weight is 452 g/mol. The third kappa shape index (κ3) is 9.04. The summed E-state index contributed by atoms with van der Waals surface area (Å²) >= 11 is 0. The molecule has 0 aliphatic heterocycles. The van der Waals surface area contributed by atoms with E-state index in [1.165, 1.54) is 0 Å². The molecule has 0 aromatic carbocycles. The maximum atomic E-state index is 11.3.